The Morgan fingerprint density at radius 1 is 1.55 bits per heavy atom. The fourth-order valence-electron chi connectivity index (χ4n) is 0.508. The van der Waals surface area contributed by atoms with Crippen LogP contribution in [0.15, 0.2) is 0 Å². The van der Waals surface area contributed by atoms with Gasteiger partial charge in [-0.2, -0.15) is 0 Å². The van der Waals surface area contributed by atoms with Crippen molar-refractivity contribution in [2.24, 2.45) is 5.92 Å². The first kappa shape index (κ1) is 10.4. The van der Waals surface area contributed by atoms with Crippen LogP contribution < -0.4 is 5.32 Å². The molecular formula is C8H17NO2. The van der Waals surface area contributed by atoms with E-state index in [9.17, 15) is 9.90 Å². The fourth-order valence-corrected chi connectivity index (χ4v) is 0.508. The average Bonchev–Trinajstić information content (AvgIpc) is 1.80. The smallest absolute Gasteiger partial charge is 0.222 e. The van der Waals surface area contributed by atoms with Crippen molar-refractivity contribution in [3.05, 3.63) is 0 Å². The Morgan fingerprint density at radius 2 is 2.00 bits per heavy atom. The maximum absolute atomic E-state index is 11.0. The van der Waals surface area contributed by atoms with E-state index in [2.05, 4.69) is 5.32 Å². The first-order valence-electron chi connectivity index (χ1n) is 3.83. The van der Waals surface area contributed by atoms with Crippen LogP contribution in [0.4, 0.5) is 0 Å². The number of carbonyl (C=O) groups is 1. The molecule has 0 heterocycles. The molecule has 0 radical (unpaired) electrons. The second-order valence-electron chi connectivity index (χ2n) is 3.68. The minimum atomic E-state index is -0.815. The highest BCUT2D eigenvalue weighted by Crippen LogP contribution is 1.98. The van der Waals surface area contributed by atoms with Crippen LogP contribution in [0, 0.1) is 5.92 Å². The summed E-state index contributed by atoms with van der Waals surface area (Å²) < 4.78 is 0. The van der Waals surface area contributed by atoms with E-state index in [1.807, 2.05) is 13.8 Å². The van der Waals surface area contributed by atoms with Crippen molar-refractivity contribution in [3.63, 3.8) is 0 Å². The molecule has 0 aliphatic rings. The van der Waals surface area contributed by atoms with Gasteiger partial charge >= 0.3 is 0 Å². The third-order valence-corrected chi connectivity index (χ3v) is 1.22. The first-order chi connectivity index (χ1) is 4.83. The molecule has 1 amide bonds. The maximum atomic E-state index is 11.0. The maximum Gasteiger partial charge on any atom is 0.222 e. The van der Waals surface area contributed by atoms with Crippen LogP contribution in [0.3, 0.4) is 0 Å². The van der Waals surface area contributed by atoms with E-state index in [1.165, 1.54) is 0 Å². The summed E-state index contributed by atoms with van der Waals surface area (Å²) in [7, 11) is 0. The first-order valence-corrected chi connectivity index (χ1v) is 3.83. The lowest BCUT2D eigenvalue weighted by atomic mass is 10.1. The van der Waals surface area contributed by atoms with Crippen LogP contribution in [-0.2, 0) is 4.79 Å². The molecular weight excluding hydrogens is 142 g/mol. The normalized spacial score (nSPS) is 11.8. The second-order valence-corrected chi connectivity index (χ2v) is 3.68. The summed E-state index contributed by atoms with van der Waals surface area (Å²) >= 11 is 0. The van der Waals surface area contributed by atoms with Crippen molar-refractivity contribution in [1.82, 2.24) is 5.32 Å². The lowest BCUT2D eigenvalue weighted by Crippen LogP contribution is -2.39. The predicted molar refractivity (Wildman–Crippen MR) is 44.1 cm³/mol. The quantitative estimate of drug-likeness (QED) is 0.631. The van der Waals surface area contributed by atoms with Crippen molar-refractivity contribution < 1.29 is 9.90 Å². The van der Waals surface area contributed by atoms with E-state index < -0.39 is 5.60 Å². The second kappa shape index (κ2) is 3.72. The summed E-state index contributed by atoms with van der Waals surface area (Å²) in [5.74, 6) is -0.0375. The molecule has 11 heavy (non-hydrogen) atoms. The molecule has 0 aromatic heterocycles. The predicted octanol–water partition coefficient (Wildman–Crippen LogP) is 0.529. The van der Waals surface area contributed by atoms with Gasteiger partial charge in [0.05, 0.1) is 5.60 Å². The molecule has 0 saturated carbocycles. The van der Waals surface area contributed by atoms with E-state index >= 15 is 0 Å². The summed E-state index contributed by atoms with van der Waals surface area (Å²) in [5, 5.41) is 11.9. The molecule has 0 atom stereocenters. The Hall–Kier alpha value is -0.570. The van der Waals surface area contributed by atoms with E-state index in [1.54, 1.807) is 13.8 Å². The van der Waals surface area contributed by atoms with Crippen molar-refractivity contribution >= 4 is 5.91 Å². The third-order valence-electron chi connectivity index (χ3n) is 1.22. The topological polar surface area (TPSA) is 49.3 Å². The number of hydrogen-bond donors (Lipinski definition) is 2. The Labute approximate surface area is 67.8 Å². The average molecular weight is 159 g/mol. The SMILES string of the molecule is CC(C)C(=O)NCC(C)(C)O. The molecule has 0 spiro atoms. The van der Waals surface area contributed by atoms with Crippen LogP contribution in [0.2, 0.25) is 0 Å². The van der Waals surface area contributed by atoms with Crippen molar-refractivity contribution in [2.75, 3.05) is 6.54 Å². The van der Waals surface area contributed by atoms with Gasteiger partial charge in [0, 0.05) is 12.5 Å². The van der Waals surface area contributed by atoms with Gasteiger partial charge in [-0.3, -0.25) is 4.79 Å². The summed E-state index contributed by atoms with van der Waals surface area (Å²) in [5.41, 5.74) is -0.815. The Balaban J connectivity index is 3.64. The molecule has 0 aliphatic carbocycles. The highest BCUT2D eigenvalue weighted by atomic mass is 16.3. The van der Waals surface area contributed by atoms with Crippen LogP contribution in [0.1, 0.15) is 27.7 Å². The number of amides is 1. The Kier molecular flexibility index (Phi) is 3.52. The minimum absolute atomic E-state index is 0.0163. The van der Waals surface area contributed by atoms with E-state index in [4.69, 9.17) is 0 Å². The molecule has 0 fully saturated rings. The highest BCUT2D eigenvalue weighted by Gasteiger charge is 2.14. The molecule has 0 aromatic rings. The van der Waals surface area contributed by atoms with Crippen molar-refractivity contribution in [3.8, 4) is 0 Å². The molecule has 0 aromatic carbocycles. The zero-order valence-corrected chi connectivity index (χ0v) is 7.64. The van der Waals surface area contributed by atoms with Crippen molar-refractivity contribution in [2.45, 2.75) is 33.3 Å². The molecule has 0 saturated heterocycles. The number of carbonyl (C=O) groups excluding carboxylic acids is 1. The van der Waals surface area contributed by atoms with Crippen LogP contribution in [0.25, 0.3) is 0 Å². The zero-order valence-electron chi connectivity index (χ0n) is 7.64. The van der Waals surface area contributed by atoms with E-state index in [0.29, 0.717) is 6.54 Å². The van der Waals surface area contributed by atoms with E-state index in [0.717, 1.165) is 0 Å². The molecule has 0 rings (SSSR count). The van der Waals surface area contributed by atoms with E-state index in [-0.39, 0.29) is 11.8 Å². The Bertz CT molecular complexity index is 136. The summed E-state index contributed by atoms with van der Waals surface area (Å²) in [6.07, 6.45) is 0. The fraction of sp³-hybridized carbons (Fsp3) is 0.875. The highest BCUT2D eigenvalue weighted by molar-refractivity contribution is 5.77. The summed E-state index contributed by atoms with van der Waals surface area (Å²) in [4.78, 5) is 11.0. The molecule has 3 heteroatoms. The number of hydrogen-bond acceptors (Lipinski definition) is 2. The number of nitrogens with one attached hydrogen (secondary N) is 1. The standard InChI is InChI=1S/C8H17NO2/c1-6(2)7(10)9-5-8(3,4)11/h6,11H,5H2,1-4H3,(H,9,10). The van der Waals surface area contributed by atoms with Gasteiger partial charge in [-0.1, -0.05) is 13.8 Å². The molecule has 0 unspecified atom stereocenters. The molecule has 2 N–H and O–H groups in total. The van der Waals surface area contributed by atoms with Gasteiger partial charge < -0.3 is 10.4 Å². The molecule has 66 valence electrons. The van der Waals surface area contributed by atoms with Gasteiger partial charge in [0.1, 0.15) is 0 Å². The van der Waals surface area contributed by atoms with Gasteiger partial charge in [0.15, 0.2) is 0 Å². The van der Waals surface area contributed by atoms with Gasteiger partial charge in [0.25, 0.3) is 0 Å². The van der Waals surface area contributed by atoms with Gasteiger partial charge in [-0.25, -0.2) is 0 Å². The molecule has 0 aliphatic heterocycles. The van der Waals surface area contributed by atoms with Crippen molar-refractivity contribution in [1.29, 1.82) is 0 Å². The monoisotopic (exact) mass is 159 g/mol. The summed E-state index contributed by atoms with van der Waals surface area (Å²) in [6, 6.07) is 0. The molecule has 0 bridgehead atoms. The molecule has 3 nitrogen and oxygen atoms in total. The zero-order chi connectivity index (χ0) is 9.07. The lowest BCUT2D eigenvalue weighted by molar-refractivity contribution is -0.125. The van der Waals surface area contributed by atoms with Crippen LogP contribution in [-0.4, -0.2) is 23.2 Å². The Morgan fingerprint density at radius 3 is 2.27 bits per heavy atom. The van der Waals surface area contributed by atoms with Crippen LogP contribution >= 0.6 is 0 Å². The van der Waals surface area contributed by atoms with Crippen LogP contribution in [0.5, 0.6) is 0 Å². The lowest BCUT2D eigenvalue weighted by Gasteiger charge is -2.18. The van der Waals surface area contributed by atoms with Gasteiger partial charge in [-0.05, 0) is 13.8 Å². The number of aliphatic hydroxyl groups is 1. The minimum Gasteiger partial charge on any atom is -0.389 e. The third kappa shape index (κ3) is 5.85. The van der Waals surface area contributed by atoms with Gasteiger partial charge in [-0.15, -0.1) is 0 Å². The summed E-state index contributed by atoms with van der Waals surface area (Å²) in [6.45, 7) is 7.27. The largest absolute Gasteiger partial charge is 0.389 e. The number of rotatable bonds is 3. The van der Waals surface area contributed by atoms with Gasteiger partial charge in [0.2, 0.25) is 5.91 Å².